The van der Waals surface area contributed by atoms with Crippen LogP contribution in [0.1, 0.15) is 26.3 Å². The minimum Gasteiger partial charge on any atom is -0.479 e. The predicted octanol–water partition coefficient (Wildman–Crippen LogP) is 0.381. The lowest BCUT2D eigenvalue weighted by atomic mass is 9.95. The number of carbonyl (C=O) groups is 4. The van der Waals surface area contributed by atoms with E-state index >= 15 is 0 Å². The van der Waals surface area contributed by atoms with Gasteiger partial charge in [0.05, 0.1) is 6.61 Å². The van der Waals surface area contributed by atoms with E-state index in [0.29, 0.717) is 0 Å². The van der Waals surface area contributed by atoms with E-state index in [1.807, 2.05) is 6.07 Å². The molecule has 2 N–H and O–H groups in total. The van der Waals surface area contributed by atoms with Gasteiger partial charge in [0.1, 0.15) is 6.04 Å². The van der Waals surface area contributed by atoms with Crippen molar-refractivity contribution in [1.29, 1.82) is 0 Å². The average Bonchev–Trinajstić information content (AvgIpc) is 2.63. The lowest BCUT2D eigenvalue weighted by Gasteiger charge is -2.43. The molecule has 1 amide bonds. The van der Waals surface area contributed by atoms with Gasteiger partial charge in [-0.25, -0.2) is 4.79 Å². The highest BCUT2D eigenvalue weighted by atomic mass is 16.7. The highest BCUT2D eigenvalue weighted by Crippen LogP contribution is 2.28. The first-order valence-corrected chi connectivity index (χ1v) is 8.84. The summed E-state index contributed by atoms with van der Waals surface area (Å²) in [4.78, 5) is 46.6. The molecule has 0 spiro atoms. The maximum atomic E-state index is 11.7. The lowest BCUT2D eigenvalue weighted by Crippen LogP contribution is -2.67. The fraction of sp³-hybridized carbons (Fsp3) is 0.474. The molecule has 0 unspecified atom stereocenters. The van der Waals surface area contributed by atoms with E-state index in [0.717, 1.165) is 19.4 Å². The molecule has 1 aliphatic heterocycles. The van der Waals surface area contributed by atoms with Crippen molar-refractivity contribution in [3.8, 4) is 0 Å². The van der Waals surface area contributed by atoms with Crippen LogP contribution in [0, 0.1) is 0 Å². The van der Waals surface area contributed by atoms with E-state index in [9.17, 15) is 24.3 Å². The molecule has 1 saturated heterocycles. The molecule has 2 rings (SSSR count). The van der Waals surface area contributed by atoms with Gasteiger partial charge in [0.2, 0.25) is 5.91 Å². The van der Waals surface area contributed by atoms with Crippen molar-refractivity contribution >= 4 is 23.8 Å². The van der Waals surface area contributed by atoms with E-state index < -0.39 is 54.5 Å². The molecular formula is C19H23NO9. The van der Waals surface area contributed by atoms with Crippen LogP contribution in [0.2, 0.25) is 0 Å². The van der Waals surface area contributed by atoms with Crippen LogP contribution < -0.4 is 5.32 Å². The minimum atomic E-state index is -1.67. The second kappa shape index (κ2) is 9.99. The molecule has 1 aliphatic rings. The summed E-state index contributed by atoms with van der Waals surface area (Å²) < 4.78 is 21.5. The predicted molar refractivity (Wildman–Crippen MR) is 96.2 cm³/mol. The molecule has 1 aromatic rings. The number of carbonyl (C=O) groups excluding carboxylic acids is 3. The zero-order chi connectivity index (χ0) is 21.6. The number of carboxylic acid groups (broad SMARTS) is 1. The van der Waals surface area contributed by atoms with Crippen molar-refractivity contribution < 1.29 is 43.2 Å². The van der Waals surface area contributed by atoms with Gasteiger partial charge in [-0.2, -0.15) is 0 Å². The Morgan fingerprint density at radius 1 is 1.00 bits per heavy atom. The topological polar surface area (TPSA) is 137 Å². The summed E-state index contributed by atoms with van der Waals surface area (Å²) in [6.07, 6.45) is -5.77. The number of carboxylic acids is 1. The van der Waals surface area contributed by atoms with Crippen LogP contribution in [0.25, 0.3) is 0 Å². The highest BCUT2D eigenvalue weighted by Gasteiger charge is 2.53. The van der Waals surface area contributed by atoms with E-state index in [4.69, 9.17) is 18.9 Å². The van der Waals surface area contributed by atoms with Crippen molar-refractivity contribution in [2.24, 2.45) is 0 Å². The van der Waals surface area contributed by atoms with Gasteiger partial charge in [0, 0.05) is 20.8 Å². The van der Waals surface area contributed by atoms with E-state index in [1.165, 1.54) is 6.92 Å². The van der Waals surface area contributed by atoms with Crippen LogP contribution in [-0.2, 0) is 44.7 Å². The summed E-state index contributed by atoms with van der Waals surface area (Å²) in [5.74, 6) is -3.50. The van der Waals surface area contributed by atoms with Gasteiger partial charge < -0.3 is 29.4 Å². The van der Waals surface area contributed by atoms with Gasteiger partial charge in [-0.3, -0.25) is 14.4 Å². The Balaban J connectivity index is 2.36. The first-order valence-electron chi connectivity index (χ1n) is 8.84. The summed E-state index contributed by atoms with van der Waals surface area (Å²) in [6, 6.07) is 7.88. The van der Waals surface area contributed by atoms with Crippen LogP contribution in [-0.4, -0.2) is 59.6 Å². The smallest absolute Gasteiger partial charge is 0.337 e. The molecule has 5 atom stereocenters. The third-order valence-corrected chi connectivity index (χ3v) is 4.02. The molecular weight excluding hydrogens is 386 g/mol. The van der Waals surface area contributed by atoms with Crippen LogP contribution >= 0.6 is 0 Å². The second-order valence-electron chi connectivity index (χ2n) is 6.43. The Morgan fingerprint density at radius 3 is 2.10 bits per heavy atom. The molecule has 1 aromatic carbocycles. The molecule has 1 fully saturated rings. The molecule has 0 aromatic heterocycles. The van der Waals surface area contributed by atoms with Gasteiger partial charge >= 0.3 is 17.9 Å². The largest absolute Gasteiger partial charge is 0.479 e. The van der Waals surface area contributed by atoms with Gasteiger partial charge in [-0.1, -0.05) is 30.3 Å². The molecule has 0 aliphatic carbocycles. The molecule has 29 heavy (non-hydrogen) atoms. The highest BCUT2D eigenvalue weighted by molar-refractivity contribution is 5.76. The van der Waals surface area contributed by atoms with Crippen molar-refractivity contribution in [3.63, 3.8) is 0 Å². The number of nitrogens with one attached hydrogen (secondary N) is 1. The normalized spacial score (nSPS) is 26.2. The van der Waals surface area contributed by atoms with E-state index in [-0.39, 0.29) is 6.61 Å². The SMILES string of the molecule is CC(=O)N[C@H]1[C@@H](OCc2ccccc2)O[C@H](C(=O)O)[C@@H](OC(C)=O)[C@@H]1OC(C)=O. The zero-order valence-corrected chi connectivity index (χ0v) is 16.2. The number of esters is 2. The Bertz CT molecular complexity index is 751. The third kappa shape index (κ3) is 6.26. The molecule has 158 valence electrons. The number of aliphatic carboxylic acids is 1. The first-order chi connectivity index (χ1) is 13.7. The Hall–Kier alpha value is -2.98. The second-order valence-corrected chi connectivity index (χ2v) is 6.43. The van der Waals surface area contributed by atoms with Gasteiger partial charge in [-0.05, 0) is 5.56 Å². The van der Waals surface area contributed by atoms with Crippen molar-refractivity contribution in [1.82, 2.24) is 5.32 Å². The number of hydrogen-bond acceptors (Lipinski definition) is 8. The molecule has 0 radical (unpaired) electrons. The van der Waals surface area contributed by atoms with Gasteiger partial charge in [0.15, 0.2) is 24.6 Å². The van der Waals surface area contributed by atoms with Crippen LogP contribution in [0.3, 0.4) is 0 Å². The Labute approximate surface area is 167 Å². The first kappa shape index (κ1) is 22.3. The van der Waals surface area contributed by atoms with Crippen LogP contribution in [0.15, 0.2) is 30.3 Å². The maximum Gasteiger partial charge on any atom is 0.337 e. The minimum absolute atomic E-state index is 0.0406. The summed E-state index contributed by atoms with van der Waals surface area (Å²) in [7, 11) is 0. The lowest BCUT2D eigenvalue weighted by molar-refractivity contribution is -0.273. The number of rotatable bonds is 7. The standard InChI is InChI=1S/C19H23NO9/c1-10(21)20-14-15(27-11(2)22)16(28-12(3)23)17(18(24)25)29-19(14)26-9-13-7-5-4-6-8-13/h4-8,14-17,19H,9H2,1-3H3,(H,20,21)(H,24,25)/t14-,15-,16+,17+,19+/m1/s1. The number of hydrogen-bond donors (Lipinski definition) is 2. The molecule has 0 bridgehead atoms. The molecule has 10 heteroatoms. The average molecular weight is 409 g/mol. The zero-order valence-electron chi connectivity index (χ0n) is 16.2. The fourth-order valence-corrected chi connectivity index (χ4v) is 2.97. The number of amides is 1. The van der Waals surface area contributed by atoms with Crippen LogP contribution in [0.4, 0.5) is 0 Å². The van der Waals surface area contributed by atoms with Gasteiger partial charge in [-0.15, -0.1) is 0 Å². The molecule has 1 heterocycles. The third-order valence-electron chi connectivity index (χ3n) is 4.02. The maximum absolute atomic E-state index is 11.7. The number of benzene rings is 1. The summed E-state index contributed by atoms with van der Waals surface area (Å²) in [6.45, 7) is 3.46. The molecule has 0 saturated carbocycles. The van der Waals surface area contributed by atoms with Crippen LogP contribution in [0.5, 0.6) is 0 Å². The van der Waals surface area contributed by atoms with Crippen molar-refractivity contribution in [2.45, 2.75) is 58.0 Å². The van der Waals surface area contributed by atoms with E-state index in [1.54, 1.807) is 24.3 Å². The Morgan fingerprint density at radius 2 is 1.59 bits per heavy atom. The Kier molecular flexibility index (Phi) is 7.68. The van der Waals surface area contributed by atoms with Gasteiger partial charge in [0.25, 0.3) is 0 Å². The van der Waals surface area contributed by atoms with Crippen molar-refractivity contribution in [3.05, 3.63) is 35.9 Å². The molecule has 10 nitrogen and oxygen atoms in total. The summed E-state index contributed by atoms with van der Waals surface area (Å²) in [5.41, 5.74) is 0.774. The van der Waals surface area contributed by atoms with E-state index in [2.05, 4.69) is 5.32 Å². The summed E-state index contributed by atoms with van der Waals surface area (Å²) in [5, 5.41) is 12.1. The number of ether oxygens (including phenoxy) is 4. The monoisotopic (exact) mass is 409 g/mol. The van der Waals surface area contributed by atoms with Crippen molar-refractivity contribution in [2.75, 3.05) is 0 Å². The quantitative estimate of drug-likeness (QED) is 0.612. The summed E-state index contributed by atoms with van der Waals surface area (Å²) >= 11 is 0. The fourth-order valence-electron chi connectivity index (χ4n) is 2.97.